The van der Waals surface area contributed by atoms with Crippen LogP contribution in [-0.2, 0) is 14.8 Å². The molecule has 1 amide bonds. The highest BCUT2D eigenvalue weighted by Gasteiger charge is 2.27. The lowest BCUT2D eigenvalue weighted by Gasteiger charge is -2.33. The van der Waals surface area contributed by atoms with Gasteiger partial charge in [-0.1, -0.05) is 20.8 Å². The van der Waals surface area contributed by atoms with Gasteiger partial charge in [-0.15, -0.1) is 0 Å². The van der Waals surface area contributed by atoms with Crippen LogP contribution in [0.4, 0.5) is 5.95 Å². The summed E-state index contributed by atoms with van der Waals surface area (Å²) in [5, 5.41) is 2.80. The van der Waals surface area contributed by atoms with Crippen LogP contribution in [0.15, 0.2) is 18.5 Å². The molecule has 0 aliphatic carbocycles. The van der Waals surface area contributed by atoms with Crippen LogP contribution in [-0.4, -0.2) is 67.1 Å². The van der Waals surface area contributed by atoms with E-state index in [0.29, 0.717) is 51.5 Å². The highest BCUT2D eigenvalue weighted by atomic mass is 32.2. The van der Waals surface area contributed by atoms with E-state index in [1.54, 1.807) is 18.5 Å². The summed E-state index contributed by atoms with van der Waals surface area (Å²) in [7, 11) is -3.31. The Hall–Kier alpha value is -1.74. The van der Waals surface area contributed by atoms with Gasteiger partial charge >= 0.3 is 0 Å². The fraction of sp³-hybridized carbons (Fsp3) is 0.706. The maximum atomic E-state index is 12.5. The molecule has 0 unspecified atom stereocenters. The number of amides is 1. The van der Waals surface area contributed by atoms with Gasteiger partial charge in [0.25, 0.3) is 0 Å². The van der Waals surface area contributed by atoms with Gasteiger partial charge in [-0.3, -0.25) is 4.79 Å². The first-order valence-corrected chi connectivity index (χ1v) is 10.5. The van der Waals surface area contributed by atoms with Gasteiger partial charge in [-0.2, -0.15) is 4.31 Å². The zero-order valence-electron chi connectivity index (χ0n) is 15.8. The summed E-state index contributed by atoms with van der Waals surface area (Å²) in [6.45, 7) is 8.38. The summed E-state index contributed by atoms with van der Waals surface area (Å²) in [6.07, 6.45) is 4.21. The van der Waals surface area contributed by atoms with Gasteiger partial charge in [-0.25, -0.2) is 18.4 Å². The molecule has 2 heterocycles. The van der Waals surface area contributed by atoms with Gasteiger partial charge in [-0.05, 0) is 17.9 Å². The molecule has 1 aromatic rings. The number of nitrogens with one attached hydrogen (secondary N) is 1. The Kier molecular flexibility index (Phi) is 6.94. The molecule has 26 heavy (non-hydrogen) atoms. The largest absolute Gasteiger partial charge is 0.356 e. The number of nitrogens with zero attached hydrogens (tertiary/aromatic N) is 4. The quantitative estimate of drug-likeness (QED) is 0.702. The van der Waals surface area contributed by atoms with E-state index in [9.17, 15) is 13.2 Å². The third kappa shape index (κ3) is 6.53. The molecule has 2 rings (SSSR count). The standard InChI is InChI=1S/C17H29N5O3S/c1-17(2,3)14-15(23)18-8-5-13-26(24,25)22-11-9-21(10-12-22)16-19-6-4-7-20-16/h4,6-7H,5,8-14H2,1-3H3,(H,18,23). The van der Waals surface area contributed by atoms with E-state index < -0.39 is 10.0 Å². The number of hydrogen-bond acceptors (Lipinski definition) is 6. The molecule has 0 bridgehead atoms. The van der Waals surface area contributed by atoms with Gasteiger partial charge in [0.15, 0.2) is 0 Å². The molecular weight excluding hydrogens is 354 g/mol. The molecule has 146 valence electrons. The molecule has 0 saturated carbocycles. The maximum Gasteiger partial charge on any atom is 0.225 e. The van der Waals surface area contributed by atoms with Crippen molar-refractivity contribution in [2.75, 3.05) is 43.4 Å². The minimum atomic E-state index is -3.31. The van der Waals surface area contributed by atoms with Crippen molar-refractivity contribution in [2.45, 2.75) is 33.6 Å². The summed E-state index contributed by atoms with van der Waals surface area (Å²) >= 11 is 0. The summed E-state index contributed by atoms with van der Waals surface area (Å²) in [5.41, 5.74) is -0.0711. The number of anilines is 1. The molecule has 0 spiro atoms. The maximum absolute atomic E-state index is 12.5. The molecule has 8 nitrogen and oxygen atoms in total. The smallest absolute Gasteiger partial charge is 0.225 e. The molecule has 1 fully saturated rings. The van der Waals surface area contributed by atoms with Crippen molar-refractivity contribution in [1.29, 1.82) is 0 Å². The van der Waals surface area contributed by atoms with E-state index in [0.717, 1.165) is 0 Å². The van der Waals surface area contributed by atoms with Crippen LogP contribution in [0.3, 0.4) is 0 Å². The molecule has 0 aromatic carbocycles. The average Bonchev–Trinajstić information content (AvgIpc) is 2.58. The van der Waals surface area contributed by atoms with Crippen LogP contribution in [0.1, 0.15) is 33.6 Å². The number of aromatic nitrogens is 2. The third-order valence-corrected chi connectivity index (χ3v) is 6.02. The van der Waals surface area contributed by atoms with Gasteiger partial charge in [0.05, 0.1) is 5.75 Å². The predicted octanol–water partition coefficient (Wildman–Crippen LogP) is 0.871. The van der Waals surface area contributed by atoms with E-state index in [4.69, 9.17) is 0 Å². The van der Waals surface area contributed by atoms with Crippen molar-refractivity contribution in [1.82, 2.24) is 19.6 Å². The van der Waals surface area contributed by atoms with Crippen LogP contribution in [0.5, 0.6) is 0 Å². The Morgan fingerprint density at radius 3 is 2.35 bits per heavy atom. The molecule has 1 aliphatic heterocycles. The number of hydrogen-bond donors (Lipinski definition) is 1. The van der Waals surface area contributed by atoms with Crippen molar-refractivity contribution in [2.24, 2.45) is 5.41 Å². The molecule has 1 aromatic heterocycles. The van der Waals surface area contributed by atoms with E-state index in [-0.39, 0.29) is 17.1 Å². The van der Waals surface area contributed by atoms with Crippen LogP contribution < -0.4 is 10.2 Å². The highest BCUT2D eigenvalue weighted by Crippen LogP contribution is 2.17. The summed E-state index contributed by atoms with van der Waals surface area (Å²) in [4.78, 5) is 22.1. The molecule has 1 aliphatic rings. The number of sulfonamides is 1. The van der Waals surface area contributed by atoms with Crippen LogP contribution in [0.2, 0.25) is 0 Å². The molecule has 0 atom stereocenters. The predicted molar refractivity (Wildman–Crippen MR) is 101 cm³/mol. The average molecular weight is 384 g/mol. The van der Waals surface area contributed by atoms with Gasteiger partial charge in [0.2, 0.25) is 21.9 Å². The first-order valence-electron chi connectivity index (χ1n) is 8.94. The third-order valence-electron chi connectivity index (χ3n) is 4.06. The second-order valence-corrected chi connectivity index (χ2v) is 9.78. The lowest BCUT2D eigenvalue weighted by Crippen LogP contribution is -2.49. The molecule has 0 radical (unpaired) electrons. The van der Waals surface area contributed by atoms with E-state index >= 15 is 0 Å². The first-order chi connectivity index (χ1) is 12.2. The van der Waals surface area contributed by atoms with Crippen molar-refractivity contribution >= 4 is 21.9 Å². The monoisotopic (exact) mass is 383 g/mol. The van der Waals surface area contributed by atoms with Gasteiger partial charge in [0.1, 0.15) is 0 Å². The lowest BCUT2D eigenvalue weighted by molar-refractivity contribution is -0.122. The lowest BCUT2D eigenvalue weighted by atomic mass is 9.92. The molecule has 9 heteroatoms. The van der Waals surface area contributed by atoms with E-state index in [2.05, 4.69) is 15.3 Å². The Labute approximate surface area is 156 Å². The number of piperazine rings is 1. The van der Waals surface area contributed by atoms with Crippen molar-refractivity contribution in [3.8, 4) is 0 Å². The minimum Gasteiger partial charge on any atom is -0.356 e. The molecular formula is C17H29N5O3S. The Balaban J connectivity index is 1.73. The fourth-order valence-corrected chi connectivity index (χ4v) is 4.26. The topological polar surface area (TPSA) is 95.5 Å². The summed E-state index contributed by atoms with van der Waals surface area (Å²) in [5.74, 6) is 0.641. The van der Waals surface area contributed by atoms with Crippen LogP contribution in [0.25, 0.3) is 0 Å². The van der Waals surface area contributed by atoms with E-state index in [1.807, 2.05) is 25.7 Å². The van der Waals surface area contributed by atoms with Crippen LogP contribution in [0, 0.1) is 5.41 Å². The zero-order valence-corrected chi connectivity index (χ0v) is 16.6. The SMILES string of the molecule is CC(C)(C)CC(=O)NCCCS(=O)(=O)N1CCN(c2ncccn2)CC1. The highest BCUT2D eigenvalue weighted by molar-refractivity contribution is 7.89. The molecule has 1 saturated heterocycles. The van der Waals surface area contributed by atoms with Crippen molar-refractivity contribution in [3.63, 3.8) is 0 Å². The normalized spacial score (nSPS) is 16.5. The fourth-order valence-electron chi connectivity index (χ4n) is 2.78. The summed E-state index contributed by atoms with van der Waals surface area (Å²) in [6, 6.07) is 1.75. The number of rotatable bonds is 7. The minimum absolute atomic E-state index is 0.0358. The van der Waals surface area contributed by atoms with E-state index in [1.165, 1.54) is 4.31 Å². The summed E-state index contributed by atoms with van der Waals surface area (Å²) < 4.78 is 26.4. The van der Waals surface area contributed by atoms with Crippen molar-refractivity contribution < 1.29 is 13.2 Å². The Bertz CT molecular complexity index is 680. The first kappa shape index (κ1) is 20.6. The Morgan fingerprint density at radius 2 is 1.77 bits per heavy atom. The molecule has 1 N–H and O–H groups in total. The number of carbonyl (C=O) groups is 1. The second kappa shape index (κ2) is 8.77. The number of carbonyl (C=O) groups excluding carboxylic acids is 1. The Morgan fingerprint density at radius 1 is 1.15 bits per heavy atom. The van der Waals surface area contributed by atoms with Gasteiger partial charge in [0, 0.05) is 51.5 Å². The van der Waals surface area contributed by atoms with Gasteiger partial charge < -0.3 is 10.2 Å². The zero-order chi connectivity index (χ0) is 19.2. The van der Waals surface area contributed by atoms with Crippen LogP contribution >= 0.6 is 0 Å². The second-order valence-electron chi connectivity index (χ2n) is 7.69. The van der Waals surface area contributed by atoms with Crippen molar-refractivity contribution in [3.05, 3.63) is 18.5 Å².